The summed E-state index contributed by atoms with van der Waals surface area (Å²) in [6.45, 7) is 7.07. The van der Waals surface area contributed by atoms with Gasteiger partial charge in [-0.25, -0.2) is 4.79 Å². The first kappa shape index (κ1) is 15.6. The second-order valence-electron chi connectivity index (χ2n) is 3.48. The van der Waals surface area contributed by atoms with Gasteiger partial charge in [-0.3, -0.25) is 0 Å². The second kappa shape index (κ2) is 9.81. The molecule has 0 saturated heterocycles. The first-order valence-corrected chi connectivity index (χ1v) is 14.0. The number of carbonyl (C=O) groups is 1. The minimum Gasteiger partial charge on any atom is -0.478 e. The summed E-state index contributed by atoms with van der Waals surface area (Å²) in [7, 11) is 0. The predicted molar refractivity (Wildman–Crippen MR) is 70.6 cm³/mol. The van der Waals surface area contributed by atoms with Crippen LogP contribution in [0.4, 0.5) is 0 Å². The molecule has 0 aliphatic rings. The van der Waals surface area contributed by atoms with Gasteiger partial charge in [-0.05, 0) is 12.1 Å². The van der Waals surface area contributed by atoms with Crippen molar-refractivity contribution in [1.82, 2.24) is 0 Å². The van der Waals surface area contributed by atoms with Gasteiger partial charge in [-0.2, -0.15) is 0 Å². The molecule has 0 aliphatic carbocycles. The summed E-state index contributed by atoms with van der Waals surface area (Å²) in [4.78, 5) is 10.2. The van der Waals surface area contributed by atoms with Gasteiger partial charge in [0.1, 0.15) is 0 Å². The molecule has 0 amide bonds. The summed E-state index contributed by atoms with van der Waals surface area (Å²) in [5.41, 5.74) is 0.331. The number of carboxylic acid groups (broad SMARTS) is 1. The molecule has 2 nitrogen and oxygen atoms in total. The Morgan fingerprint density at radius 1 is 1.06 bits per heavy atom. The molecule has 0 bridgehead atoms. The van der Waals surface area contributed by atoms with Gasteiger partial charge in [0.2, 0.25) is 0 Å². The van der Waals surface area contributed by atoms with Crippen LogP contribution in [0.5, 0.6) is 0 Å². The summed E-state index contributed by atoms with van der Waals surface area (Å²) in [5.74, 6) is -0.879. The van der Waals surface area contributed by atoms with E-state index in [0.717, 1.165) is 0 Å². The number of carboxylic acids is 1. The molecule has 1 aromatic carbocycles. The summed E-state index contributed by atoms with van der Waals surface area (Å²) < 4.78 is 4.70. The molecule has 0 spiro atoms. The zero-order chi connectivity index (χ0) is 12.4. The van der Waals surface area contributed by atoms with Crippen LogP contribution in [0.1, 0.15) is 31.1 Å². The van der Waals surface area contributed by atoms with Crippen molar-refractivity contribution in [2.45, 2.75) is 32.7 Å². The van der Waals surface area contributed by atoms with Crippen molar-refractivity contribution < 1.29 is 9.90 Å². The largest absolute Gasteiger partial charge is 0.478 e. The summed E-state index contributed by atoms with van der Waals surface area (Å²) in [6, 6.07) is 8.30. The molecule has 0 unspecified atom stereocenters. The smallest absolute Gasteiger partial charge is 0.335 e. The molecule has 1 rings (SSSR count). The van der Waals surface area contributed by atoms with Crippen LogP contribution < -0.4 is 0 Å². The molecule has 1 N–H and O–H groups in total. The minimum absolute atomic E-state index is 0.331. The summed E-state index contributed by atoms with van der Waals surface area (Å²) in [5, 5.41) is 8.38. The predicted octanol–water partition coefficient (Wildman–Crippen LogP) is 3.93. The van der Waals surface area contributed by atoms with Crippen LogP contribution in [0.2, 0.25) is 11.9 Å². The SMILES string of the molecule is C[CH2][Pb]([CH2]C)[CH2]C.O=C(O)c1ccccc1. The number of hydrogen-bond donors (Lipinski definition) is 1. The molecule has 0 heterocycles. The van der Waals surface area contributed by atoms with Crippen LogP contribution in [0, 0.1) is 0 Å². The summed E-state index contributed by atoms with van der Waals surface area (Å²) in [6.07, 6.45) is 0. The molecule has 0 aromatic heterocycles. The standard InChI is InChI=1S/C7H6O2.3C2H5.Pb/c8-7(9)6-4-2-1-3-5-6;3*1-2;/h1-5H,(H,8,9);3*1H2,2H3;. The first-order valence-electron chi connectivity index (χ1n) is 5.77. The maximum atomic E-state index is 10.2. The van der Waals surface area contributed by atoms with E-state index in [1.165, 1.54) is 0 Å². The van der Waals surface area contributed by atoms with Gasteiger partial charge in [0.15, 0.2) is 0 Å². The molecule has 0 fully saturated rings. The third-order valence-electron chi connectivity index (χ3n) is 2.52. The van der Waals surface area contributed by atoms with Crippen LogP contribution in [0.25, 0.3) is 0 Å². The molecular formula is C13H21O2Pb. The average Bonchev–Trinajstić information content (AvgIpc) is 2.33. The molecule has 89 valence electrons. The molecule has 16 heavy (non-hydrogen) atoms. The van der Waals surface area contributed by atoms with Crippen LogP contribution in [0.3, 0.4) is 0 Å². The van der Waals surface area contributed by atoms with Gasteiger partial charge in [-0.15, -0.1) is 0 Å². The van der Waals surface area contributed by atoms with Gasteiger partial charge in [0.25, 0.3) is 0 Å². The molecular weight excluding hydrogens is 395 g/mol. The van der Waals surface area contributed by atoms with Crippen molar-refractivity contribution in [2.75, 3.05) is 0 Å². The van der Waals surface area contributed by atoms with Crippen molar-refractivity contribution >= 4 is 28.7 Å². The topological polar surface area (TPSA) is 37.3 Å². The van der Waals surface area contributed by atoms with E-state index in [1.54, 1.807) is 42.3 Å². The zero-order valence-corrected chi connectivity index (χ0v) is 14.3. The van der Waals surface area contributed by atoms with Crippen LogP contribution in [-0.4, -0.2) is 33.8 Å². The Morgan fingerprint density at radius 2 is 1.50 bits per heavy atom. The van der Waals surface area contributed by atoms with E-state index < -0.39 is 28.7 Å². The van der Waals surface area contributed by atoms with Gasteiger partial charge < -0.3 is 5.11 Å². The Kier molecular flexibility index (Phi) is 9.57. The van der Waals surface area contributed by atoms with Gasteiger partial charge >= 0.3 is 61.4 Å². The molecule has 0 saturated carbocycles. The number of hydrogen-bond acceptors (Lipinski definition) is 1. The fourth-order valence-electron chi connectivity index (χ4n) is 1.33. The van der Waals surface area contributed by atoms with Crippen LogP contribution in [-0.2, 0) is 0 Å². The van der Waals surface area contributed by atoms with Gasteiger partial charge in [0, 0.05) is 0 Å². The molecule has 1 radical (unpaired) electrons. The number of aromatic carboxylic acids is 1. The Bertz CT molecular complexity index is 276. The van der Waals surface area contributed by atoms with E-state index in [-0.39, 0.29) is 0 Å². The van der Waals surface area contributed by atoms with Crippen LogP contribution >= 0.6 is 0 Å². The normalized spacial score (nSPS) is 9.50. The van der Waals surface area contributed by atoms with Gasteiger partial charge in [-0.1, -0.05) is 18.2 Å². The van der Waals surface area contributed by atoms with Crippen molar-refractivity contribution in [3.63, 3.8) is 0 Å². The Balaban J connectivity index is 0.000000293. The van der Waals surface area contributed by atoms with E-state index >= 15 is 0 Å². The number of rotatable bonds is 4. The average molecular weight is 417 g/mol. The summed E-state index contributed by atoms with van der Waals surface area (Å²) >= 11 is -0.789. The van der Waals surface area contributed by atoms with Crippen molar-refractivity contribution in [2.24, 2.45) is 0 Å². The molecule has 3 heteroatoms. The molecule has 1 aromatic rings. The maximum absolute atomic E-state index is 10.2. The van der Waals surface area contributed by atoms with E-state index in [1.807, 2.05) is 0 Å². The minimum atomic E-state index is -0.879. The second-order valence-corrected chi connectivity index (χ2v) is 17.6. The third kappa shape index (κ3) is 6.98. The van der Waals surface area contributed by atoms with E-state index in [9.17, 15) is 4.79 Å². The van der Waals surface area contributed by atoms with E-state index in [4.69, 9.17) is 5.11 Å². The third-order valence-corrected chi connectivity index (χ3v) is 14.2. The van der Waals surface area contributed by atoms with Crippen molar-refractivity contribution in [3.8, 4) is 0 Å². The first-order chi connectivity index (χ1) is 7.65. The van der Waals surface area contributed by atoms with Crippen molar-refractivity contribution in [3.05, 3.63) is 35.9 Å². The molecule has 0 aliphatic heterocycles. The maximum Gasteiger partial charge on any atom is 0.335 e. The Hall–Kier alpha value is -0.388. The molecule has 0 atom stereocenters. The Labute approximate surface area is 107 Å². The fraction of sp³-hybridized carbons (Fsp3) is 0.462. The van der Waals surface area contributed by atoms with Crippen molar-refractivity contribution in [1.29, 1.82) is 0 Å². The van der Waals surface area contributed by atoms with Gasteiger partial charge in [0.05, 0.1) is 5.56 Å². The number of benzene rings is 1. The van der Waals surface area contributed by atoms with E-state index in [0.29, 0.717) is 5.56 Å². The monoisotopic (exact) mass is 417 g/mol. The Morgan fingerprint density at radius 3 is 1.69 bits per heavy atom. The zero-order valence-electron chi connectivity index (χ0n) is 10.4. The van der Waals surface area contributed by atoms with E-state index in [2.05, 4.69) is 20.8 Å². The quantitative estimate of drug-likeness (QED) is 0.756. The fourth-order valence-corrected chi connectivity index (χ4v) is 7.16. The van der Waals surface area contributed by atoms with Crippen LogP contribution in [0.15, 0.2) is 30.3 Å².